The topological polar surface area (TPSA) is 86.1 Å². The molecule has 0 bridgehead atoms. The Morgan fingerprint density at radius 2 is 2.00 bits per heavy atom. The van der Waals surface area contributed by atoms with Gasteiger partial charge in [0.25, 0.3) is 5.89 Å². The van der Waals surface area contributed by atoms with Gasteiger partial charge in [-0.25, -0.2) is 0 Å². The summed E-state index contributed by atoms with van der Waals surface area (Å²) in [5, 5.41) is 11.2. The summed E-state index contributed by atoms with van der Waals surface area (Å²) in [4.78, 5) is 4.39. The van der Waals surface area contributed by atoms with Crippen molar-refractivity contribution >= 4 is 0 Å². The second-order valence-corrected chi connectivity index (χ2v) is 5.35. The molecule has 1 aliphatic rings. The zero-order valence-electron chi connectivity index (χ0n) is 12.2. The maximum absolute atomic E-state index is 5.36. The molecule has 7 heteroatoms. The first-order chi connectivity index (χ1) is 10.7. The predicted molar refractivity (Wildman–Crippen MR) is 77.5 cm³/mol. The Labute approximate surface area is 126 Å². The predicted octanol–water partition coefficient (Wildman–Crippen LogP) is 2.98. The van der Waals surface area contributed by atoms with Crippen LogP contribution in [0.3, 0.4) is 0 Å². The molecule has 7 nitrogen and oxygen atoms in total. The highest BCUT2D eigenvalue weighted by molar-refractivity contribution is 5.63. The second-order valence-electron chi connectivity index (χ2n) is 5.35. The van der Waals surface area contributed by atoms with Crippen LogP contribution in [0.5, 0.6) is 11.5 Å². The first-order valence-corrected chi connectivity index (χ1v) is 7.00. The van der Waals surface area contributed by atoms with Gasteiger partial charge in [-0.1, -0.05) is 19.0 Å². The van der Waals surface area contributed by atoms with Crippen molar-refractivity contribution in [3.05, 3.63) is 30.0 Å². The van der Waals surface area contributed by atoms with Crippen LogP contribution in [0.1, 0.15) is 25.5 Å². The Balaban J connectivity index is 1.66. The Morgan fingerprint density at radius 1 is 1.14 bits per heavy atom. The van der Waals surface area contributed by atoms with E-state index in [1.807, 2.05) is 24.3 Å². The summed E-state index contributed by atoms with van der Waals surface area (Å²) >= 11 is 0. The number of benzene rings is 1. The summed E-state index contributed by atoms with van der Waals surface area (Å²) in [6, 6.07) is 7.45. The minimum atomic E-state index is 0.238. The molecule has 3 aromatic rings. The summed E-state index contributed by atoms with van der Waals surface area (Å²) in [6.45, 7) is 4.41. The average molecular weight is 298 g/mol. The molecule has 0 aliphatic carbocycles. The molecule has 1 aliphatic heterocycles. The Kier molecular flexibility index (Phi) is 2.85. The second kappa shape index (κ2) is 4.87. The zero-order chi connectivity index (χ0) is 15.1. The molecule has 0 unspecified atom stereocenters. The van der Waals surface area contributed by atoms with E-state index in [0.29, 0.717) is 29.1 Å². The van der Waals surface area contributed by atoms with E-state index in [9.17, 15) is 0 Å². The van der Waals surface area contributed by atoms with Crippen molar-refractivity contribution in [1.29, 1.82) is 0 Å². The smallest absolute Gasteiger partial charge is 0.278 e. The largest absolute Gasteiger partial charge is 0.454 e. The lowest BCUT2D eigenvalue weighted by molar-refractivity contribution is 0.174. The standard InChI is InChI=1S/C15H14N4O3/c1-8(2)10-6-11(18-17-10)15-16-14(19-22-15)9-3-4-12-13(5-9)21-7-20-12/h3-6,8H,7H2,1-2H3,(H,17,18). The first-order valence-electron chi connectivity index (χ1n) is 7.00. The van der Waals surface area contributed by atoms with Gasteiger partial charge in [0.05, 0.1) is 0 Å². The molecular weight excluding hydrogens is 284 g/mol. The highest BCUT2D eigenvalue weighted by Gasteiger charge is 2.18. The van der Waals surface area contributed by atoms with E-state index in [2.05, 4.69) is 34.2 Å². The molecule has 22 heavy (non-hydrogen) atoms. The van der Waals surface area contributed by atoms with Gasteiger partial charge in [-0.2, -0.15) is 10.1 Å². The van der Waals surface area contributed by atoms with Crippen LogP contribution in [-0.4, -0.2) is 27.1 Å². The lowest BCUT2D eigenvalue weighted by atomic mass is 10.1. The number of aromatic amines is 1. The van der Waals surface area contributed by atoms with Crippen LogP contribution in [0.25, 0.3) is 23.0 Å². The third-order valence-electron chi connectivity index (χ3n) is 3.50. The Morgan fingerprint density at radius 3 is 2.82 bits per heavy atom. The van der Waals surface area contributed by atoms with Crippen LogP contribution in [-0.2, 0) is 0 Å². The van der Waals surface area contributed by atoms with Crippen LogP contribution < -0.4 is 9.47 Å². The van der Waals surface area contributed by atoms with Crippen LogP contribution in [0.4, 0.5) is 0 Å². The van der Waals surface area contributed by atoms with Crippen LogP contribution in [0, 0.1) is 0 Å². The molecule has 4 rings (SSSR count). The normalized spacial score (nSPS) is 13.0. The van der Waals surface area contributed by atoms with E-state index in [1.54, 1.807) is 0 Å². The minimum Gasteiger partial charge on any atom is -0.454 e. The molecule has 0 spiro atoms. The molecule has 0 saturated heterocycles. The number of nitrogens with one attached hydrogen (secondary N) is 1. The van der Waals surface area contributed by atoms with Crippen LogP contribution in [0.15, 0.2) is 28.8 Å². The van der Waals surface area contributed by atoms with Crippen molar-refractivity contribution in [3.63, 3.8) is 0 Å². The summed E-state index contributed by atoms with van der Waals surface area (Å²) in [6.07, 6.45) is 0. The van der Waals surface area contributed by atoms with Crippen molar-refractivity contribution in [2.24, 2.45) is 0 Å². The molecule has 0 fully saturated rings. The van der Waals surface area contributed by atoms with Gasteiger partial charge >= 0.3 is 0 Å². The van der Waals surface area contributed by atoms with Crippen molar-refractivity contribution in [1.82, 2.24) is 20.3 Å². The summed E-state index contributed by atoms with van der Waals surface area (Å²) < 4.78 is 15.9. The van der Waals surface area contributed by atoms with E-state index in [-0.39, 0.29) is 6.79 Å². The van der Waals surface area contributed by atoms with Crippen LogP contribution >= 0.6 is 0 Å². The Hall–Kier alpha value is -2.83. The molecule has 0 radical (unpaired) electrons. The van der Waals surface area contributed by atoms with Crippen molar-refractivity contribution in [3.8, 4) is 34.5 Å². The molecule has 1 aromatic carbocycles. The first kappa shape index (κ1) is 12.9. The number of H-pyrrole nitrogens is 1. The van der Waals surface area contributed by atoms with Gasteiger partial charge in [-0.15, -0.1) is 0 Å². The molecule has 1 N–H and O–H groups in total. The number of nitrogens with zero attached hydrogens (tertiary/aromatic N) is 3. The average Bonchev–Trinajstić information content (AvgIpc) is 3.25. The van der Waals surface area contributed by atoms with Gasteiger partial charge in [-0.05, 0) is 30.2 Å². The number of fused-ring (bicyclic) bond motifs is 1. The molecule has 0 atom stereocenters. The summed E-state index contributed by atoms with van der Waals surface area (Å²) in [5.74, 6) is 2.64. The number of rotatable bonds is 3. The van der Waals surface area contributed by atoms with E-state index in [4.69, 9.17) is 14.0 Å². The minimum absolute atomic E-state index is 0.238. The molecule has 3 heterocycles. The zero-order valence-corrected chi connectivity index (χ0v) is 12.2. The number of hydrogen-bond donors (Lipinski definition) is 1. The molecule has 2 aromatic heterocycles. The number of ether oxygens (including phenoxy) is 2. The van der Waals surface area contributed by atoms with Crippen molar-refractivity contribution < 1.29 is 14.0 Å². The van der Waals surface area contributed by atoms with Gasteiger partial charge < -0.3 is 14.0 Å². The number of hydrogen-bond acceptors (Lipinski definition) is 6. The SMILES string of the molecule is CC(C)c1cc(-c2nc(-c3ccc4c(c3)OCO4)no2)n[nH]1. The monoisotopic (exact) mass is 298 g/mol. The van der Waals surface area contributed by atoms with Gasteiger partial charge in [0.15, 0.2) is 17.2 Å². The third kappa shape index (κ3) is 2.11. The highest BCUT2D eigenvalue weighted by Crippen LogP contribution is 2.35. The van der Waals surface area contributed by atoms with Gasteiger partial charge in [-0.3, -0.25) is 5.10 Å². The summed E-state index contributed by atoms with van der Waals surface area (Å²) in [7, 11) is 0. The molecular formula is C15H14N4O3. The van der Waals surface area contributed by atoms with Gasteiger partial charge in [0.2, 0.25) is 12.6 Å². The fraction of sp³-hybridized carbons (Fsp3) is 0.267. The fourth-order valence-electron chi connectivity index (χ4n) is 2.22. The van der Waals surface area contributed by atoms with E-state index in [1.165, 1.54) is 0 Å². The van der Waals surface area contributed by atoms with Gasteiger partial charge in [0, 0.05) is 11.3 Å². The lowest BCUT2D eigenvalue weighted by Crippen LogP contribution is -1.92. The van der Waals surface area contributed by atoms with Crippen molar-refractivity contribution in [2.45, 2.75) is 19.8 Å². The molecule has 112 valence electrons. The molecule has 0 saturated carbocycles. The summed E-state index contributed by atoms with van der Waals surface area (Å²) in [5.41, 5.74) is 2.47. The van der Waals surface area contributed by atoms with Crippen molar-refractivity contribution in [2.75, 3.05) is 6.79 Å². The van der Waals surface area contributed by atoms with E-state index < -0.39 is 0 Å². The third-order valence-corrected chi connectivity index (χ3v) is 3.50. The maximum Gasteiger partial charge on any atom is 0.278 e. The lowest BCUT2D eigenvalue weighted by Gasteiger charge is -1.97. The highest BCUT2D eigenvalue weighted by atomic mass is 16.7. The van der Waals surface area contributed by atoms with E-state index in [0.717, 1.165) is 17.0 Å². The fourth-order valence-corrected chi connectivity index (χ4v) is 2.22. The molecule has 0 amide bonds. The maximum atomic E-state index is 5.36. The Bertz CT molecular complexity index is 822. The quantitative estimate of drug-likeness (QED) is 0.800. The van der Waals surface area contributed by atoms with E-state index >= 15 is 0 Å². The number of aromatic nitrogens is 4. The van der Waals surface area contributed by atoms with Crippen LogP contribution in [0.2, 0.25) is 0 Å². The van der Waals surface area contributed by atoms with Gasteiger partial charge in [0.1, 0.15) is 0 Å².